The maximum absolute atomic E-state index is 12.7. The van der Waals surface area contributed by atoms with Gasteiger partial charge in [0.25, 0.3) is 0 Å². The first-order chi connectivity index (χ1) is 24.4. The van der Waals surface area contributed by atoms with Crippen LogP contribution in [0.1, 0.15) is 119 Å². The maximum Gasteiger partial charge on any atom is 0.205 e. The number of nitrogens with one attached hydrogen (secondary N) is 2. The lowest BCUT2D eigenvalue weighted by Gasteiger charge is -2.39. The number of allylic oxidation sites excluding steroid dienone is 8. The summed E-state index contributed by atoms with van der Waals surface area (Å²) in [5.41, 5.74) is 16.6. The van der Waals surface area contributed by atoms with E-state index in [0.29, 0.717) is 23.3 Å². The minimum absolute atomic E-state index is 0.0463. The largest absolute Gasteiger partial charge is 0.287 e. The molecular formula is C44H52N4O2. The van der Waals surface area contributed by atoms with Crippen LogP contribution in [-0.2, 0) is 15.0 Å². The topological polar surface area (TPSA) is 82.9 Å². The van der Waals surface area contributed by atoms with Gasteiger partial charge in [-0.15, -0.1) is 0 Å². The zero-order valence-corrected chi connectivity index (χ0v) is 29.9. The molecule has 0 aromatic heterocycles. The molecule has 2 aromatic rings. The number of ketones is 2. The van der Waals surface area contributed by atoms with Gasteiger partial charge in [0.2, 0.25) is 11.6 Å². The molecule has 0 spiro atoms. The molecule has 260 valence electrons. The fourth-order valence-corrected chi connectivity index (χ4v) is 8.94. The van der Waals surface area contributed by atoms with E-state index in [0.717, 1.165) is 35.3 Å². The summed E-state index contributed by atoms with van der Waals surface area (Å²) in [6.07, 6.45) is 29.6. The monoisotopic (exact) mass is 668 g/mol. The van der Waals surface area contributed by atoms with Crippen LogP contribution in [0.15, 0.2) is 94.2 Å². The Balaban J connectivity index is 1.09. The number of anilines is 2. The number of carbonyl (C=O) groups is 2. The number of rotatable bonds is 8. The number of hydrogen-bond acceptors (Lipinski definition) is 6. The van der Waals surface area contributed by atoms with Gasteiger partial charge in [-0.1, -0.05) is 94.2 Å². The highest BCUT2D eigenvalue weighted by atomic mass is 16.1. The van der Waals surface area contributed by atoms with Gasteiger partial charge in [-0.3, -0.25) is 20.4 Å². The Hall–Kier alpha value is -4.32. The van der Waals surface area contributed by atoms with Gasteiger partial charge >= 0.3 is 0 Å². The minimum atomic E-state index is -0.0772. The van der Waals surface area contributed by atoms with Crippen LogP contribution in [0.2, 0.25) is 0 Å². The normalized spacial score (nSPS) is 23.2. The Morgan fingerprint density at radius 1 is 0.560 bits per heavy atom. The molecule has 0 bridgehead atoms. The van der Waals surface area contributed by atoms with Crippen molar-refractivity contribution in [3.05, 3.63) is 106 Å². The van der Waals surface area contributed by atoms with Crippen molar-refractivity contribution in [3.63, 3.8) is 0 Å². The van der Waals surface area contributed by atoms with Gasteiger partial charge in [0, 0.05) is 5.41 Å². The summed E-state index contributed by atoms with van der Waals surface area (Å²) in [6, 6.07) is 13.4. The lowest BCUT2D eigenvalue weighted by molar-refractivity contribution is -0.109. The van der Waals surface area contributed by atoms with Gasteiger partial charge in [0.05, 0.1) is 11.4 Å². The fourth-order valence-electron chi connectivity index (χ4n) is 8.94. The Bertz CT molecular complexity index is 1680. The van der Waals surface area contributed by atoms with Crippen molar-refractivity contribution < 1.29 is 9.59 Å². The lowest BCUT2D eigenvalue weighted by Crippen LogP contribution is -2.30. The second-order valence-corrected chi connectivity index (χ2v) is 15.3. The molecule has 7 rings (SSSR count). The average Bonchev–Trinajstić information content (AvgIpc) is 3.16. The predicted octanol–water partition coefficient (Wildman–Crippen LogP) is 10.4. The first-order valence-electron chi connectivity index (χ1n) is 19.2. The number of nitrogens with zero attached hydrogens (tertiary/aromatic N) is 2. The molecule has 2 aromatic carbocycles. The zero-order valence-electron chi connectivity index (χ0n) is 29.9. The Morgan fingerprint density at radius 3 is 1.40 bits per heavy atom. The first kappa shape index (κ1) is 34.1. The van der Waals surface area contributed by atoms with E-state index < -0.39 is 0 Å². The minimum Gasteiger partial charge on any atom is -0.287 e. The van der Waals surface area contributed by atoms with Crippen LogP contribution in [0.5, 0.6) is 0 Å². The van der Waals surface area contributed by atoms with Gasteiger partial charge in [-0.25, -0.2) is 0 Å². The van der Waals surface area contributed by atoms with Crippen LogP contribution >= 0.6 is 0 Å². The van der Waals surface area contributed by atoms with E-state index in [1.54, 1.807) is 12.2 Å². The summed E-state index contributed by atoms with van der Waals surface area (Å²) >= 11 is 0. The summed E-state index contributed by atoms with van der Waals surface area (Å²) in [5.74, 6) is 0.968. The van der Waals surface area contributed by atoms with Crippen LogP contribution in [0.3, 0.4) is 0 Å². The average molecular weight is 669 g/mol. The van der Waals surface area contributed by atoms with E-state index >= 15 is 0 Å². The molecule has 0 saturated heterocycles. The highest BCUT2D eigenvalue weighted by Gasteiger charge is 2.36. The summed E-state index contributed by atoms with van der Waals surface area (Å²) in [7, 11) is 0. The van der Waals surface area contributed by atoms with E-state index in [2.05, 4.69) is 71.3 Å². The van der Waals surface area contributed by atoms with Crippen molar-refractivity contribution in [1.82, 2.24) is 0 Å². The van der Waals surface area contributed by atoms with Crippen molar-refractivity contribution in [3.8, 4) is 0 Å². The van der Waals surface area contributed by atoms with E-state index in [-0.39, 0.29) is 17.0 Å². The Morgan fingerprint density at radius 2 is 0.980 bits per heavy atom. The highest BCUT2D eigenvalue weighted by Crippen LogP contribution is 2.46. The predicted molar refractivity (Wildman–Crippen MR) is 206 cm³/mol. The fraction of sp³-hybridized carbons (Fsp3) is 0.455. The number of hydrogen-bond donors (Lipinski definition) is 2. The smallest absolute Gasteiger partial charge is 0.205 e. The third-order valence-corrected chi connectivity index (χ3v) is 12.0. The highest BCUT2D eigenvalue weighted by molar-refractivity contribution is 6.49. The number of carbonyl (C=O) groups excluding carboxylic acids is 2. The molecule has 0 unspecified atom stereocenters. The quantitative estimate of drug-likeness (QED) is 0.217. The molecule has 6 nitrogen and oxygen atoms in total. The van der Waals surface area contributed by atoms with Gasteiger partial charge in [0.15, 0.2) is 0 Å². The van der Waals surface area contributed by atoms with Gasteiger partial charge in [-0.2, -0.15) is 10.2 Å². The van der Waals surface area contributed by atoms with Crippen molar-refractivity contribution >= 4 is 34.4 Å². The molecule has 0 amide bonds. The summed E-state index contributed by atoms with van der Waals surface area (Å²) in [6.45, 7) is 4.25. The van der Waals surface area contributed by atoms with Gasteiger partial charge in [-0.05, 0) is 134 Å². The molecule has 2 N–H and O–H groups in total. The summed E-state index contributed by atoms with van der Waals surface area (Å²) in [4.78, 5) is 25.4. The van der Waals surface area contributed by atoms with Crippen LogP contribution in [-0.4, -0.2) is 23.0 Å². The molecule has 5 aliphatic rings. The molecule has 5 aliphatic carbocycles. The molecule has 6 heteroatoms. The zero-order chi connectivity index (χ0) is 34.5. The Labute approximate surface area is 298 Å². The van der Waals surface area contributed by atoms with Crippen LogP contribution in [0.25, 0.3) is 0 Å². The van der Waals surface area contributed by atoms with Gasteiger partial charge in [0.1, 0.15) is 11.4 Å². The third-order valence-electron chi connectivity index (χ3n) is 12.0. The van der Waals surface area contributed by atoms with Crippen molar-refractivity contribution in [2.24, 2.45) is 22.0 Å². The summed E-state index contributed by atoms with van der Waals surface area (Å²) < 4.78 is 0. The lowest BCUT2D eigenvalue weighted by atomic mass is 9.65. The standard InChI is InChI=1S/C44H52N4O2/c1-30-26-36(18-20-38(30)45-47-40-28-34(16-22-42(40)49)32-12-6-3-7-13-32)44(24-10-5-11-25-44)37-19-21-39(31(2)27-37)46-48-41-29-35(17-23-43(41)50)33-14-8-4-9-15-33/h16-23,26-29,32-33,45-46H,3-15,24-25H2,1-2H3/b47-40+,48-41+. The second kappa shape index (κ2) is 15.3. The molecule has 50 heavy (non-hydrogen) atoms. The second-order valence-electron chi connectivity index (χ2n) is 15.3. The number of hydrazone groups is 2. The van der Waals surface area contributed by atoms with Crippen molar-refractivity contribution in [2.75, 3.05) is 10.9 Å². The number of benzene rings is 2. The van der Waals surface area contributed by atoms with E-state index in [9.17, 15) is 9.59 Å². The molecule has 0 aliphatic heterocycles. The first-order valence-corrected chi connectivity index (χ1v) is 19.2. The van der Waals surface area contributed by atoms with E-state index in [1.165, 1.54) is 106 Å². The molecule has 0 atom stereocenters. The third kappa shape index (κ3) is 7.40. The number of aryl methyl sites for hydroxylation is 2. The van der Waals surface area contributed by atoms with Gasteiger partial charge < -0.3 is 0 Å². The van der Waals surface area contributed by atoms with E-state index in [4.69, 9.17) is 0 Å². The molecule has 3 fully saturated rings. The van der Waals surface area contributed by atoms with Crippen LogP contribution < -0.4 is 10.9 Å². The maximum atomic E-state index is 12.7. The van der Waals surface area contributed by atoms with Crippen LogP contribution in [0, 0.1) is 25.7 Å². The molecule has 3 saturated carbocycles. The van der Waals surface area contributed by atoms with E-state index in [1.807, 2.05) is 24.3 Å². The van der Waals surface area contributed by atoms with Crippen LogP contribution in [0.4, 0.5) is 11.4 Å². The van der Waals surface area contributed by atoms with Crippen molar-refractivity contribution in [2.45, 2.75) is 116 Å². The van der Waals surface area contributed by atoms with Crippen molar-refractivity contribution in [1.29, 1.82) is 0 Å². The summed E-state index contributed by atoms with van der Waals surface area (Å²) in [5, 5.41) is 9.21. The molecule has 0 heterocycles. The SMILES string of the molecule is Cc1cc(C2(c3ccc(N/N=C4\C=C(C5CCCCC5)C=CC4=O)c(C)c3)CCCCC2)ccc1N/N=C1\C=C(C2CCCCC2)C=CC1=O. The molecular weight excluding hydrogens is 617 g/mol. The molecule has 0 radical (unpaired) electrons. The Kier molecular flexibility index (Phi) is 10.4.